The first-order valence-electron chi connectivity index (χ1n) is 14.3. The maximum absolute atomic E-state index is 14.2. The van der Waals surface area contributed by atoms with E-state index in [1.807, 2.05) is 0 Å². The molecule has 1 saturated carbocycles. The smallest absolute Gasteiger partial charge is 0.228 e. The second-order valence-electron chi connectivity index (χ2n) is 11.9. The highest BCUT2D eigenvalue weighted by molar-refractivity contribution is 5.99. The van der Waals surface area contributed by atoms with Gasteiger partial charge in [-0.3, -0.25) is 14.5 Å². The average molecular weight is 557 g/mol. The van der Waals surface area contributed by atoms with Crippen LogP contribution < -0.4 is 20.3 Å². The molecule has 3 fully saturated rings. The molecular weight excluding hydrogens is 523 g/mol. The lowest BCUT2D eigenvalue weighted by Gasteiger charge is -2.26. The number of benzene rings is 2. The van der Waals surface area contributed by atoms with Gasteiger partial charge in [0.15, 0.2) is 11.6 Å². The van der Waals surface area contributed by atoms with Gasteiger partial charge in [-0.2, -0.15) is 0 Å². The Morgan fingerprint density at radius 3 is 2.93 bits per heavy atom. The number of carbonyl (C=O) groups is 2. The molecule has 7 rings (SSSR count). The molecule has 2 saturated heterocycles. The summed E-state index contributed by atoms with van der Waals surface area (Å²) in [5, 5.41) is 5.65. The molecule has 3 unspecified atom stereocenters. The van der Waals surface area contributed by atoms with Gasteiger partial charge < -0.3 is 20.3 Å². The zero-order chi connectivity index (χ0) is 28.1. The fourth-order valence-electron chi connectivity index (χ4n) is 6.88. The number of halogens is 1. The number of likely N-dealkylation sites (tertiary alicyclic amines) is 1. The summed E-state index contributed by atoms with van der Waals surface area (Å²) in [6.07, 6.45) is 6.50. The van der Waals surface area contributed by atoms with Crippen molar-refractivity contribution in [2.45, 2.75) is 38.1 Å². The summed E-state index contributed by atoms with van der Waals surface area (Å²) in [7, 11) is 1.62. The Kier molecular flexibility index (Phi) is 6.37. The molecule has 1 aliphatic carbocycles. The van der Waals surface area contributed by atoms with Crippen LogP contribution in [0.15, 0.2) is 48.9 Å². The number of carbonyl (C=O) groups excluding carboxylic acids is 2. The van der Waals surface area contributed by atoms with Crippen LogP contribution in [0.1, 0.15) is 41.9 Å². The van der Waals surface area contributed by atoms with Crippen molar-refractivity contribution in [3.8, 4) is 11.5 Å². The number of rotatable bonds is 7. The Morgan fingerprint density at radius 1 is 1.17 bits per heavy atom. The first kappa shape index (κ1) is 25.9. The molecule has 1 aromatic heterocycles. The molecule has 9 nitrogen and oxygen atoms in total. The number of aromatic nitrogens is 2. The lowest BCUT2D eigenvalue weighted by molar-refractivity contribution is -0.122. The van der Waals surface area contributed by atoms with Crippen LogP contribution in [-0.4, -0.2) is 59.9 Å². The van der Waals surface area contributed by atoms with E-state index >= 15 is 0 Å². The number of hydrogen-bond acceptors (Lipinski definition) is 7. The number of fused-ring (bicyclic) bond motifs is 1. The second-order valence-corrected chi connectivity index (χ2v) is 11.9. The minimum Gasteiger partial charge on any atom is -0.452 e. The van der Waals surface area contributed by atoms with Crippen LogP contribution in [-0.2, 0) is 22.6 Å². The summed E-state index contributed by atoms with van der Waals surface area (Å²) in [5.74, 6) is 1.23. The monoisotopic (exact) mass is 556 g/mol. The minimum atomic E-state index is -0.351. The Hall–Kier alpha value is -4.05. The van der Waals surface area contributed by atoms with Gasteiger partial charge in [0, 0.05) is 61.7 Å². The van der Waals surface area contributed by atoms with Crippen LogP contribution in [0.25, 0.3) is 0 Å². The molecule has 2 amide bonds. The van der Waals surface area contributed by atoms with Crippen molar-refractivity contribution in [3.05, 3.63) is 71.4 Å². The minimum absolute atomic E-state index is 0.0372. The largest absolute Gasteiger partial charge is 0.452 e. The van der Waals surface area contributed by atoms with Crippen molar-refractivity contribution in [1.29, 1.82) is 0 Å². The van der Waals surface area contributed by atoms with Crippen LogP contribution in [0.4, 0.5) is 15.9 Å². The van der Waals surface area contributed by atoms with Crippen LogP contribution >= 0.6 is 0 Å². The zero-order valence-corrected chi connectivity index (χ0v) is 23.0. The number of nitrogens with one attached hydrogen (secondary N) is 2. The van der Waals surface area contributed by atoms with E-state index in [1.54, 1.807) is 19.3 Å². The number of hydrogen-bond donors (Lipinski definition) is 2. The molecule has 0 bridgehead atoms. The molecule has 3 aromatic rings. The van der Waals surface area contributed by atoms with Crippen LogP contribution in [0, 0.1) is 17.2 Å². The van der Waals surface area contributed by atoms with Gasteiger partial charge in [-0.05, 0) is 61.2 Å². The first-order valence-corrected chi connectivity index (χ1v) is 14.3. The Labute approximate surface area is 238 Å². The molecule has 3 aliphatic heterocycles. The highest BCUT2D eigenvalue weighted by atomic mass is 19.1. The van der Waals surface area contributed by atoms with E-state index in [9.17, 15) is 14.0 Å². The van der Waals surface area contributed by atoms with Gasteiger partial charge in [0.25, 0.3) is 0 Å². The van der Waals surface area contributed by atoms with Gasteiger partial charge >= 0.3 is 0 Å². The molecule has 212 valence electrons. The third kappa shape index (κ3) is 5.01. The van der Waals surface area contributed by atoms with Crippen LogP contribution in [0.5, 0.6) is 11.5 Å². The molecule has 4 aliphatic rings. The number of amides is 2. The fourth-order valence-corrected chi connectivity index (χ4v) is 6.88. The zero-order valence-electron chi connectivity index (χ0n) is 23.0. The highest BCUT2D eigenvalue weighted by Gasteiger charge is 2.46. The molecule has 2 N–H and O–H groups in total. The second kappa shape index (κ2) is 10.1. The summed E-state index contributed by atoms with van der Waals surface area (Å²) in [5.41, 5.74) is 4.10. The van der Waals surface area contributed by atoms with Crippen LogP contribution in [0.2, 0.25) is 0 Å². The predicted molar refractivity (Wildman–Crippen MR) is 151 cm³/mol. The number of ether oxygens (including phenoxy) is 1. The topological polar surface area (TPSA) is 99.7 Å². The molecule has 3 atom stereocenters. The average Bonchev–Trinajstić information content (AvgIpc) is 3.29. The van der Waals surface area contributed by atoms with E-state index in [0.717, 1.165) is 62.6 Å². The quantitative estimate of drug-likeness (QED) is 0.456. The van der Waals surface area contributed by atoms with Crippen LogP contribution in [0.3, 0.4) is 0 Å². The summed E-state index contributed by atoms with van der Waals surface area (Å²) in [4.78, 5) is 37.5. The molecule has 0 radical (unpaired) electrons. The summed E-state index contributed by atoms with van der Waals surface area (Å²) in [6, 6.07) is 10.8. The summed E-state index contributed by atoms with van der Waals surface area (Å²) in [6.45, 7) is 4.62. The highest BCUT2D eigenvalue weighted by Crippen LogP contribution is 2.52. The van der Waals surface area contributed by atoms with E-state index < -0.39 is 0 Å². The van der Waals surface area contributed by atoms with Gasteiger partial charge in [-0.1, -0.05) is 12.1 Å². The molecule has 1 spiro atoms. The molecule has 2 aromatic carbocycles. The van der Waals surface area contributed by atoms with Gasteiger partial charge in [0.05, 0.1) is 12.6 Å². The third-order valence-corrected chi connectivity index (χ3v) is 9.08. The standard InChI is InChI=1S/C31H33FN6O3/c1-33-30(40)24-13-22(24)23-12-21(32)4-5-26(23)41-27-14-34-18-35-29(27)38-9-7-31(17-38)6-8-37(16-31)15-19-2-3-20-11-28(39)36-25(20)10-19/h2-5,10,12,14,18,22,24H,6-9,11,13,15-17H2,1H3,(H,33,40)(H,36,39). The lowest BCUT2D eigenvalue weighted by Crippen LogP contribution is -2.31. The summed E-state index contributed by atoms with van der Waals surface area (Å²) >= 11 is 0. The molecule has 4 heterocycles. The van der Waals surface area contributed by atoms with Gasteiger partial charge in [0.1, 0.15) is 17.9 Å². The fraction of sp³-hybridized carbons (Fsp3) is 0.419. The van der Waals surface area contributed by atoms with Crippen molar-refractivity contribution in [2.75, 3.05) is 43.4 Å². The van der Waals surface area contributed by atoms with E-state index in [0.29, 0.717) is 29.9 Å². The van der Waals surface area contributed by atoms with Crippen molar-refractivity contribution < 1.29 is 18.7 Å². The Balaban J connectivity index is 1.04. The third-order valence-electron chi connectivity index (χ3n) is 9.08. The van der Waals surface area contributed by atoms with Crippen molar-refractivity contribution >= 4 is 23.3 Å². The predicted octanol–water partition coefficient (Wildman–Crippen LogP) is 3.85. The molecule has 10 heteroatoms. The van der Waals surface area contributed by atoms with Gasteiger partial charge in [-0.25, -0.2) is 14.4 Å². The SMILES string of the molecule is CNC(=O)C1CC1c1cc(F)ccc1Oc1cncnc1N1CCC2(CCN(Cc3ccc4c(c3)NC(=O)C4)C2)C1. The van der Waals surface area contributed by atoms with Gasteiger partial charge in [-0.15, -0.1) is 0 Å². The van der Waals surface area contributed by atoms with Crippen molar-refractivity contribution in [2.24, 2.45) is 11.3 Å². The molecular formula is C31H33FN6O3. The van der Waals surface area contributed by atoms with E-state index in [2.05, 4.69) is 48.6 Å². The van der Waals surface area contributed by atoms with Gasteiger partial charge in [0.2, 0.25) is 11.8 Å². The van der Waals surface area contributed by atoms with Crippen molar-refractivity contribution in [3.63, 3.8) is 0 Å². The maximum Gasteiger partial charge on any atom is 0.228 e. The number of anilines is 2. The maximum atomic E-state index is 14.2. The van der Waals surface area contributed by atoms with E-state index in [-0.39, 0.29) is 34.9 Å². The Bertz CT molecular complexity index is 1530. The van der Waals surface area contributed by atoms with Crippen molar-refractivity contribution in [1.82, 2.24) is 20.2 Å². The molecule has 41 heavy (non-hydrogen) atoms. The normalized spacial score (nSPS) is 24.9. The Morgan fingerprint density at radius 2 is 2.05 bits per heavy atom. The first-order chi connectivity index (χ1) is 19.9. The number of nitrogens with zero attached hydrogens (tertiary/aromatic N) is 4. The lowest BCUT2D eigenvalue weighted by atomic mass is 9.86. The van der Waals surface area contributed by atoms with E-state index in [1.165, 1.54) is 24.0 Å². The summed E-state index contributed by atoms with van der Waals surface area (Å²) < 4.78 is 20.6. The van der Waals surface area contributed by atoms with E-state index in [4.69, 9.17) is 4.74 Å².